The fourth-order valence-corrected chi connectivity index (χ4v) is 0.911. The third-order valence-corrected chi connectivity index (χ3v) is 1.57. The van der Waals surface area contributed by atoms with E-state index in [1.807, 2.05) is 0 Å². The Labute approximate surface area is 65.0 Å². The first-order chi connectivity index (χ1) is 5.27. The summed E-state index contributed by atoms with van der Waals surface area (Å²) < 4.78 is 12.8. The molecule has 1 rings (SSSR count). The first-order valence-corrected chi connectivity index (χ1v) is 3.45. The average Bonchev–Trinajstić information content (AvgIpc) is 2.05. The molecule has 4 N–H and O–H groups in total. The van der Waals surface area contributed by atoms with E-state index in [0.717, 1.165) is 5.56 Å². The van der Waals surface area contributed by atoms with Gasteiger partial charge in [-0.3, -0.25) is 0 Å². The average molecular weight is 154 g/mol. The fourth-order valence-electron chi connectivity index (χ4n) is 0.911. The van der Waals surface area contributed by atoms with Gasteiger partial charge in [-0.15, -0.1) is 0 Å². The second kappa shape index (κ2) is 3.46. The van der Waals surface area contributed by atoms with Crippen LogP contribution < -0.4 is 11.5 Å². The predicted molar refractivity (Wildman–Crippen MR) is 42.2 cm³/mol. The van der Waals surface area contributed by atoms with Crippen molar-refractivity contribution < 1.29 is 4.39 Å². The minimum absolute atomic E-state index is 0.222. The minimum Gasteiger partial charge on any atom is -0.326 e. The van der Waals surface area contributed by atoms with E-state index < -0.39 is 0 Å². The highest BCUT2D eigenvalue weighted by Crippen LogP contribution is 2.08. The lowest BCUT2D eigenvalue weighted by Crippen LogP contribution is -2.03. The molecule has 0 radical (unpaired) electrons. The van der Waals surface area contributed by atoms with Crippen LogP contribution in [-0.4, -0.2) is 0 Å². The number of nitrogens with two attached hydrogens (primary N) is 2. The van der Waals surface area contributed by atoms with E-state index in [9.17, 15) is 4.39 Å². The third kappa shape index (κ3) is 1.76. The Morgan fingerprint density at radius 2 is 1.91 bits per heavy atom. The van der Waals surface area contributed by atoms with Gasteiger partial charge < -0.3 is 11.5 Å². The van der Waals surface area contributed by atoms with Crippen molar-refractivity contribution in [3.63, 3.8) is 0 Å². The van der Waals surface area contributed by atoms with Gasteiger partial charge in [0.25, 0.3) is 0 Å². The normalized spacial score (nSPS) is 10.1. The summed E-state index contributed by atoms with van der Waals surface area (Å²) in [6.07, 6.45) is 0. The van der Waals surface area contributed by atoms with Crippen molar-refractivity contribution in [1.29, 1.82) is 0 Å². The molecule has 0 bridgehead atoms. The maximum Gasteiger partial charge on any atom is 0.127 e. The van der Waals surface area contributed by atoms with Gasteiger partial charge in [-0.1, -0.05) is 12.1 Å². The zero-order valence-electron chi connectivity index (χ0n) is 6.18. The molecule has 1 aromatic rings. The molecule has 0 spiro atoms. The van der Waals surface area contributed by atoms with Crippen LogP contribution in [0.15, 0.2) is 18.2 Å². The molecule has 0 saturated carbocycles. The van der Waals surface area contributed by atoms with Crippen molar-refractivity contribution in [3.05, 3.63) is 35.1 Å². The third-order valence-electron chi connectivity index (χ3n) is 1.57. The molecule has 0 saturated heterocycles. The standard InChI is InChI=1S/C8H11FN2/c9-8-2-1-6(4-10)3-7(8)5-11/h1-3H,4-5,10-11H2. The van der Waals surface area contributed by atoms with Crippen LogP contribution in [0.2, 0.25) is 0 Å². The second-order valence-electron chi connectivity index (χ2n) is 2.33. The van der Waals surface area contributed by atoms with Crippen LogP contribution in [0.1, 0.15) is 11.1 Å². The monoisotopic (exact) mass is 154 g/mol. The molecule has 3 heteroatoms. The number of hydrogen-bond donors (Lipinski definition) is 2. The maximum absolute atomic E-state index is 12.8. The number of hydrogen-bond acceptors (Lipinski definition) is 2. The summed E-state index contributed by atoms with van der Waals surface area (Å²) in [6.45, 7) is 0.646. The topological polar surface area (TPSA) is 52.0 Å². The highest BCUT2D eigenvalue weighted by Gasteiger charge is 1.99. The van der Waals surface area contributed by atoms with Crippen LogP contribution in [-0.2, 0) is 13.1 Å². The lowest BCUT2D eigenvalue weighted by molar-refractivity contribution is 0.609. The molecule has 0 heterocycles. The first-order valence-electron chi connectivity index (χ1n) is 3.45. The summed E-state index contributed by atoms with van der Waals surface area (Å²) in [7, 11) is 0. The molecule has 0 aliphatic carbocycles. The van der Waals surface area contributed by atoms with Crippen molar-refractivity contribution in [2.24, 2.45) is 11.5 Å². The first kappa shape index (κ1) is 8.17. The second-order valence-corrected chi connectivity index (χ2v) is 2.33. The summed E-state index contributed by atoms with van der Waals surface area (Å²) in [5.41, 5.74) is 12.1. The quantitative estimate of drug-likeness (QED) is 0.660. The lowest BCUT2D eigenvalue weighted by Gasteiger charge is -2.01. The summed E-state index contributed by atoms with van der Waals surface area (Å²) in [5.74, 6) is -0.260. The minimum atomic E-state index is -0.260. The molecular formula is C8H11FN2. The van der Waals surface area contributed by atoms with Gasteiger partial charge in [0, 0.05) is 18.7 Å². The van der Waals surface area contributed by atoms with Gasteiger partial charge in [-0.2, -0.15) is 0 Å². The van der Waals surface area contributed by atoms with Crippen LogP contribution in [0.4, 0.5) is 4.39 Å². The molecule has 0 aliphatic heterocycles. The molecule has 0 fully saturated rings. The zero-order chi connectivity index (χ0) is 8.27. The molecule has 0 amide bonds. The Morgan fingerprint density at radius 1 is 1.18 bits per heavy atom. The molecule has 0 unspecified atom stereocenters. The molecule has 1 aromatic carbocycles. The number of halogens is 1. The SMILES string of the molecule is NCc1ccc(F)c(CN)c1. The smallest absolute Gasteiger partial charge is 0.127 e. The van der Waals surface area contributed by atoms with Crippen molar-refractivity contribution in [1.82, 2.24) is 0 Å². The van der Waals surface area contributed by atoms with E-state index in [1.165, 1.54) is 6.07 Å². The van der Waals surface area contributed by atoms with E-state index in [4.69, 9.17) is 11.5 Å². The molecule has 60 valence electrons. The number of rotatable bonds is 2. The van der Waals surface area contributed by atoms with Crippen molar-refractivity contribution >= 4 is 0 Å². The number of benzene rings is 1. The van der Waals surface area contributed by atoms with E-state index in [2.05, 4.69) is 0 Å². The van der Waals surface area contributed by atoms with Crippen LogP contribution >= 0.6 is 0 Å². The highest BCUT2D eigenvalue weighted by molar-refractivity contribution is 5.24. The largest absolute Gasteiger partial charge is 0.326 e. The van der Waals surface area contributed by atoms with Gasteiger partial charge >= 0.3 is 0 Å². The van der Waals surface area contributed by atoms with Gasteiger partial charge in [0.1, 0.15) is 5.82 Å². The zero-order valence-corrected chi connectivity index (χ0v) is 6.18. The van der Waals surface area contributed by atoms with Crippen LogP contribution in [0.3, 0.4) is 0 Å². The van der Waals surface area contributed by atoms with Gasteiger partial charge in [0.2, 0.25) is 0 Å². The summed E-state index contributed by atoms with van der Waals surface area (Å²) in [5, 5.41) is 0. The molecule has 0 atom stereocenters. The van der Waals surface area contributed by atoms with Crippen molar-refractivity contribution in [2.75, 3.05) is 0 Å². The Balaban J connectivity index is 3.02. The van der Waals surface area contributed by atoms with E-state index in [-0.39, 0.29) is 12.4 Å². The van der Waals surface area contributed by atoms with Gasteiger partial charge in [0.15, 0.2) is 0 Å². The Kier molecular flexibility index (Phi) is 2.57. The van der Waals surface area contributed by atoms with Gasteiger partial charge in [0.05, 0.1) is 0 Å². The fraction of sp³-hybridized carbons (Fsp3) is 0.250. The highest BCUT2D eigenvalue weighted by atomic mass is 19.1. The van der Waals surface area contributed by atoms with E-state index in [1.54, 1.807) is 12.1 Å². The molecule has 11 heavy (non-hydrogen) atoms. The molecule has 0 aliphatic rings. The Bertz CT molecular complexity index is 248. The van der Waals surface area contributed by atoms with Gasteiger partial charge in [-0.05, 0) is 11.6 Å². The molecule has 2 nitrogen and oxygen atoms in total. The molecule has 0 aromatic heterocycles. The van der Waals surface area contributed by atoms with E-state index in [0.29, 0.717) is 12.1 Å². The Hall–Kier alpha value is -0.930. The summed E-state index contributed by atoms with van der Waals surface area (Å²) in [6, 6.07) is 4.74. The van der Waals surface area contributed by atoms with Crippen LogP contribution in [0.5, 0.6) is 0 Å². The van der Waals surface area contributed by atoms with Crippen molar-refractivity contribution in [2.45, 2.75) is 13.1 Å². The van der Waals surface area contributed by atoms with Crippen molar-refractivity contribution in [3.8, 4) is 0 Å². The van der Waals surface area contributed by atoms with Crippen LogP contribution in [0, 0.1) is 5.82 Å². The summed E-state index contributed by atoms with van der Waals surface area (Å²) in [4.78, 5) is 0. The predicted octanol–water partition coefficient (Wildman–Crippen LogP) is 0.743. The Morgan fingerprint density at radius 3 is 2.45 bits per heavy atom. The van der Waals surface area contributed by atoms with E-state index >= 15 is 0 Å². The maximum atomic E-state index is 12.8. The van der Waals surface area contributed by atoms with Crippen LogP contribution in [0.25, 0.3) is 0 Å². The summed E-state index contributed by atoms with van der Waals surface area (Å²) >= 11 is 0. The van der Waals surface area contributed by atoms with Gasteiger partial charge in [-0.25, -0.2) is 4.39 Å². The lowest BCUT2D eigenvalue weighted by atomic mass is 10.1. The molecular weight excluding hydrogens is 143 g/mol.